The van der Waals surface area contributed by atoms with E-state index >= 15 is 0 Å². The van der Waals surface area contributed by atoms with Crippen molar-refractivity contribution in [2.24, 2.45) is 0 Å². The van der Waals surface area contributed by atoms with Crippen molar-refractivity contribution in [2.45, 2.75) is 32.7 Å². The van der Waals surface area contributed by atoms with Crippen LogP contribution in [0.5, 0.6) is 0 Å². The van der Waals surface area contributed by atoms with E-state index in [1.165, 1.54) is 13.0 Å². The molecular weight excluding hydrogens is 232 g/mol. The fourth-order valence-corrected chi connectivity index (χ4v) is 2.53. The summed E-state index contributed by atoms with van der Waals surface area (Å²) in [6, 6.07) is 4.92. The standard InChI is InChI=1S/C13H16N2O3/c1-9(16)14-7-10-6-11(15(17)18)4-5-12(10)13(2,3)8-14/h4-6H,7-8H2,1-3H3. The second kappa shape index (κ2) is 4.08. The van der Waals surface area contributed by atoms with Gasteiger partial charge in [0.1, 0.15) is 0 Å². The van der Waals surface area contributed by atoms with Gasteiger partial charge in [0.2, 0.25) is 5.91 Å². The van der Waals surface area contributed by atoms with Gasteiger partial charge in [-0.25, -0.2) is 0 Å². The number of non-ortho nitro benzene ring substituents is 1. The van der Waals surface area contributed by atoms with E-state index in [9.17, 15) is 14.9 Å². The molecule has 96 valence electrons. The lowest BCUT2D eigenvalue weighted by Gasteiger charge is -2.39. The van der Waals surface area contributed by atoms with E-state index in [4.69, 9.17) is 0 Å². The maximum absolute atomic E-state index is 11.5. The molecule has 0 aliphatic carbocycles. The molecule has 18 heavy (non-hydrogen) atoms. The van der Waals surface area contributed by atoms with Gasteiger partial charge in [-0.05, 0) is 11.1 Å². The van der Waals surface area contributed by atoms with E-state index in [-0.39, 0.29) is 17.0 Å². The van der Waals surface area contributed by atoms with Gasteiger partial charge in [-0.3, -0.25) is 14.9 Å². The first-order valence-corrected chi connectivity index (χ1v) is 5.84. The quantitative estimate of drug-likeness (QED) is 0.565. The largest absolute Gasteiger partial charge is 0.338 e. The summed E-state index contributed by atoms with van der Waals surface area (Å²) in [4.78, 5) is 23.6. The predicted molar refractivity (Wildman–Crippen MR) is 67.2 cm³/mol. The summed E-state index contributed by atoms with van der Waals surface area (Å²) in [6.07, 6.45) is 0. The molecule has 1 aliphatic rings. The number of benzene rings is 1. The maximum atomic E-state index is 11.5. The van der Waals surface area contributed by atoms with Crippen molar-refractivity contribution >= 4 is 11.6 Å². The lowest BCUT2D eigenvalue weighted by molar-refractivity contribution is -0.385. The average Bonchev–Trinajstić information content (AvgIpc) is 2.27. The third-order valence-corrected chi connectivity index (χ3v) is 3.42. The first kappa shape index (κ1) is 12.5. The second-order valence-electron chi connectivity index (χ2n) is 5.36. The van der Waals surface area contributed by atoms with Gasteiger partial charge in [0.25, 0.3) is 5.69 Å². The molecule has 0 unspecified atom stereocenters. The van der Waals surface area contributed by atoms with Crippen LogP contribution < -0.4 is 0 Å². The highest BCUT2D eigenvalue weighted by molar-refractivity contribution is 5.74. The molecule has 5 nitrogen and oxygen atoms in total. The first-order chi connectivity index (χ1) is 8.31. The second-order valence-corrected chi connectivity index (χ2v) is 5.36. The molecule has 0 radical (unpaired) electrons. The van der Waals surface area contributed by atoms with E-state index in [0.29, 0.717) is 13.1 Å². The lowest BCUT2D eigenvalue weighted by Crippen LogP contribution is -2.44. The summed E-state index contributed by atoms with van der Waals surface area (Å²) >= 11 is 0. The highest BCUT2D eigenvalue weighted by Crippen LogP contribution is 2.35. The lowest BCUT2D eigenvalue weighted by atomic mass is 9.78. The summed E-state index contributed by atoms with van der Waals surface area (Å²) in [7, 11) is 0. The van der Waals surface area contributed by atoms with Gasteiger partial charge in [0.05, 0.1) is 4.92 Å². The molecule has 0 spiro atoms. The van der Waals surface area contributed by atoms with Crippen molar-refractivity contribution in [3.05, 3.63) is 39.4 Å². The van der Waals surface area contributed by atoms with Gasteiger partial charge in [0, 0.05) is 37.6 Å². The molecule has 0 N–H and O–H groups in total. The number of fused-ring (bicyclic) bond motifs is 1. The Bertz CT molecular complexity index is 523. The first-order valence-electron chi connectivity index (χ1n) is 5.84. The minimum atomic E-state index is -0.403. The Balaban J connectivity index is 2.49. The molecule has 0 saturated carbocycles. The van der Waals surface area contributed by atoms with Crippen LogP contribution in [0.1, 0.15) is 31.9 Å². The normalized spacial score (nSPS) is 17.2. The Morgan fingerprint density at radius 2 is 2.11 bits per heavy atom. The van der Waals surface area contributed by atoms with E-state index in [1.54, 1.807) is 11.0 Å². The van der Waals surface area contributed by atoms with Gasteiger partial charge >= 0.3 is 0 Å². The molecule has 1 aliphatic heterocycles. The number of nitrogens with zero attached hydrogens (tertiary/aromatic N) is 2. The summed E-state index contributed by atoms with van der Waals surface area (Å²) in [6.45, 7) is 6.72. The SMILES string of the molecule is CC(=O)N1Cc2cc([N+](=O)[O-])ccc2C(C)(C)C1. The van der Waals surface area contributed by atoms with Crippen molar-refractivity contribution in [3.8, 4) is 0 Å². The number of nitro groups is 1. The van der Waals surface area contributed by atoms with E-state index in [1.807, 2.05) is 19.9 Å². The molecule has 0 bridgehead atoms. The van der Waals surface area contributed by atoms with Gasteiger partial charge in [-0.15, -0.1) is 0 Å². The monoisotopic (exact) mass is 248 g/mol. The molecule has 0 saturated heterocycles. The molecule has 0 fully saturated rings. The van der Waals surface area contributed by atoms with E-state index < -0.39 is 4.92 Å². The maximum Gasteiger partial charge on any atom is 0.269 e. The Hall–Kier alpha value is -1.91. The minimum Gasteiger partial charge on any atom is -0.338 e. The third kappa shape index (κ3) is 2.08. The Morgan fingerprint density at radius 3 is 2.67 bits per heavy atom. The van der Waals surface area contributed by atoms with Crippen molar-refractivity contribution in [2.75, 3.05) is 6.54 Å². The number of hydrogen-bond donors (Lipinski definition) is 0. The predicted octanol–water partition coefficient (Wildman–Crippen LogP) is 2.23. The molecule has 0 atom stereocenters. The van der Waals surface area contributed by atoms with Crippen LogP contribution in [0.2, 0.25) is 0 Å². The Labute approximate surface area is 106 Å². The topological polar surface area (TPSA) is 63.5 Å². The molecule has 1 aromatic carbocycles. The summed E-state index contributed by atoms with van der Waals surface area (Å²) in [5.41, 5.74) is 1.87. The zero-order valence-electron chi connectivity index (χ0n) is 10.8. The fourth-order valence-electron chi connectivity index (χ4n) is 2.53. The van der Waals surface area contributed by atoms with Gasteiger partial charge in [0.15, 0.2) is 0 Å². The van der Waals surface area contributed by atoms with Gasteiger partial charge < -0.3 is 4.90 Å². The van der Waals surface area contributed by atoms with Crippen molar-refractivity contribution in [1.29, 1.82) is 0 Å². The van der Waals surface area contributed by atoms with Crippen molar-refractivity contribution < 1.29 is 9.72 Å². The van der Waals surface area contributed by atoms with E-state index in [2.05, 4.69) is 0 Å². The molecule has 1 heterocycles. The average molecular weight is 248 g/mol. The smallest absolute Gasteiger partial charge is 0.269 e. The van der Waals surface area contributed by atoms with Crippen molar-refractivity contribution in [1.82, 2.24) is 4.90 Å². The van der Waals surface area contributed by atoms with Crippen LogP contribution in [0.25, 0.3) is 0 Å². The molecule has 2 rings (SSSR count). The summed E-state index contributed by atoms with van der Waals surface area (Å²) in [5, 5.41) is 10.8. The van der Waals surface area contributed by atoms with E-state index in [0.717, 1.165) is 11.1 Å². The Kier molecular flexibility index (Phi) is 2.84. The highest BCUT2D eigenvalue weighted by atomic mass is 16.6. The van der Waals surface area contributed by atoms with Crippen LogP contribution in [0.4, 0.5) is 5.69 Å². The third-order valence-electron chi connectivity index (χ3n) is 3.42. The number of nitro benzene ring substituents is 1. The van der Waals surface area contributed by atoms with Crippen LogP contribution >= 0.6 is 0 Å². The zero-order chi connectivity index (χ0) is 13.5. The number of amides is 1. The van der Waals surface area contributed by atoms with Crippen LogP contribution in [-0.2, 0) is 16.8 Å². The number of carbonyl (C=O) groups excluding carboxylic acids is 1. The van der Waals surface area contributed by atoms with Gasteiger partial charge in [-0.2, -0.15) is 0 Å². The zero-order valence-corrected chi connectivity index (χ0v) is 10.8. The Morgan fingerprint density at radius 1 is 1.44 bits per heavy atom. The fraction of sp³-hybridized carbons (Fsp3) is 0.462. The summed E-state index contributed by atoms with van der Waals surface area (Å²) in [5.74, 6) is 0.000214. The molecule has 5 heteroatoms. The molecule has 0 aromatic heterocycles. The number of carbonyl (C=O) groups is 1. The van der Waals surface area contributed by atoms with Crippen LogP contribution in [0.15, 0.2) is 18.2 Å². The van der Waals surface area contributed by atoms with Gasteiger partial charge in [-0.1, -0.05) is 19.9 Å². The van der Waals surface area contributed by atoms with Crippen molar-refractivity contribution in [3.63, 3.8) is 0 Å². The van der Waals surface area contributed by atoms with Crippen LogP contribution in [0, 0.1) is 10.1 Å². The van der Waals surface area contributed by atoms with Crippen LogP contribution in [-0.4, -0.2) is 22.3 Å². The molecule has 1 aromatic rings. The number of rotatable bonds is 1. The minimum absolute atomic E-state index is 0.000214. The molecule has 1 amide bonds. The molecular formula is C13H16N2O3. The number of hydrogen-bond acceptors (Lipinski definition) is 3. The summed E-state index contributed by atoms with van der Waals surface area (Å²) < 4.78 is 0. The van der Waals surface area contributed by atoms with Crippen LogP contribution in [0.3, 0.4) is 0 Å². The highest BCUT2D eigenvalue weighted by Gasteiger charge is 2.33.